The fourth-order valence-corrected chi connectivity index (χ4v) is 6.59. The van der Waals surface area contributed by atoms with Crippen molar-refractivity contribution in [3.63, 3.8) is 0 Å². The average Bonchev–Trinajstić information content (AvgIpc) is 3.87. The molecule has 0 atom stereocenters. The van der Waals surface area contributed by atoms with Gasteiger partial charge in [-0.25, -0.2) is 15.0 Å². The van der Waals surface area contributed by atoms with E-state index in [9.17, 15) is 0 Å². The van der Waals surface area contributed by atoms with E-state index in [2.05, 4.69) is 49.9 Å². The fraction of sp³-hybridized carbons (Fsp3) is 0.289. The summed E-state index contributed by atoms with van der Waals surface area (Å²) in [6.07, 6.45) is 7.27. The third kappa shape index (κ3) is 6.24. The van der Waals surface area contributed by atoms with Crippen LogP contribution < -0.4 is 5.73 Å². The summed E-state index contributed by atoms with van der Waals surface area (Å²) in [5, 5.41) is 0. The van der Waals surface area contributed by atoms with Crippen molar-refractivity contribution in [2.45, 2.75) is 38.1 Å². The monoisotopic (exact) mass is 627 g/mol. The topological polar surface area (TPSA) is 114 Å². The Morgan fingerprint density at radius 3 is 1.89 bits per heavy atom. The number of hydrogen-bond acceptors (Lipinski definition) is 8. The molecule has 2 fully saturated rings. The second kappa shape index (κ2) is 13.0. The van der Waals surface area contributed by atoms with Crippen LogP contribution in [0.25, 0.3) is 56.1 Å². The minimum absolute atomic E-state index is 0.471. The molecule has 2 N–H and O–H groups in total. The summed E-state index contributed by atoms with van der Waals surface area (Å²) in [5.74, 6) is 1.93. The summed E-state index contributed by atoms with van der Waals surface area (Å²) >= 11 is 0. The van der Waals surface area contributed by atoms with Gasteiger partial charge in [-0.1, -0.05) is 30.3 Å². The van der Waals surface area contributed by atoms with Crippen molar-refractivity contribution in [2.75, 3.05) is 32.2 Å². The number of nitrogens with zero attached hydrogens (tertiary/aromatic N) is 4. The molecule has 0 saturated carbocycles. The zero-order valence-corrected chi connectivity index (χ0v) is 26.2. The van der Waals surface area contributed by atoms with E-state index in [0.717, 1.165) is 109 Å². The lowest BCUT2D eigenvalue weighted by Crippen LogP contribution is -2.18. The van der Waals surface area contributed by atoms with Crippen LogP contribution in [0, 0.1) is 5.92 Å². The number of fused-ring (bicyclic) bond motifs is 3. The van der Waals surface area contributed by atoms with E-state index in [1.807, 2.05) is 60.9 Å². The lowest BCUT2D eigenvalue weighted by molar-refractivity contribution is 0.0666. The standard InChI is InChI=1S/C19H17N3O2.C19H20N2O2/c1-2-4-18-15(3-1)21-19(24-18)13-5-6-17-16(11-13)20-12-22(17)14-7-9-23-10-8-14;20-16-12-15(19-21-17-3-1-2-4-18(17)23-19)6-5-14(16)11-13-7-9-22-10-8-13/h1-6,11-12,14H,7-10H2;1-6,12-13H,7-11,20H2. The van der Waals surface area contributed by atoms with Gasteiger partial charge in [0.25, 0.3) is 0 Å². The summed E-state index contributed by atoms with van der Waals surface area (Å²) in [6, 6.07) is 28.4. The lowest BCUT2D eigenvalue weighted by Gasteiger charge is -2.23. The number of nitrogens with two attached hydrogens (primary N) is 1. The number of aromatic nitrogens is 4. The molecule has 4 aromatic carbocycles. The third-order valence-electron chi connectivity index (χ3n) is 9.24. The Labute approximate surface area is 272 Å². The molecule has 0 radical (unpaired) electrons. The molecule has 2 saturated heterocycles. The molecule has 0 unspecified atom stereocenters. The van der Waals surface area contributed by atoms with Crippen LogP contribution in [-0.4, -0.2) is 45.9 Å². The van der Waals surface area contributed by atoms with Crippen LogP contribution in [-0.2, 0) is 15.9 Å². The molecule has 0 amide bonds. The molecule has 0 aliphatic carbocycles. The minimum atomic E-state index is 0.471. The van der Waals surface area contributed by atoms with Gasteiger partial charge in [0.05, 0.1) is 17.4 Å². The molecule has 238 valence electrons. The van der Waals surface area contributed by atoms with E-state index in [-0.39, 0.29) is 0 Å². The van der Waals surface area contributed by atoms with Crippen molar-refractivity contribution < 1.29 is 18.3 Å². The maximum Gasteiger partial charge on any atom is 0.227 e. The van der Waals surface area contributed by atoms with Gasteiger partial charge in [0, 0.05) is 49.3 Å². The highest BCUT2D eigenvalue weighted by Crippen LogP contribution is 2.31. The van der Waals surface area contributed by atoms with E-state index >= 15 is 0 Å². The molecule has 0 bridgehead atoms. The van der Waals surface area contributed by atoms with Gasteiger partial charge in [-0.2, -0.15) is 0 Å². The highest BCUT2D eigenvalue weighted by Gasteiger charge is 2.19. The summed E-state index contributed by atoms with van der Waals surface area (Å²) in [6.45, 7) is 3.38. The van der Waals surface area contributed by atoms with E-state index in [4.69, 9.17) is 24.0 Å². The van der Waals surface area contributed by atoms with Crippen molar-refractivity contribution in [3.05, 3.63) is 96.8 Å². The van der Waals surface area contributed by atoms with Crippen LogP contribution in [0.15, 0.2) is 100 Å². The van der Waals surface area contributed by atoms with Crippen molar-refractivity contribution in [1.82, 2.24) is 19.5 Å². The number of ether oxygens (including phenoxy) is 2. The van der Waals surface area contributed by atoms with Crippen LogP contribution in [0.4, 0.5) is 5.69 Å². The molecule has 9 rings (SSSR count). The predicted octanol–water partition coefficient (Wildman–Crippen LogP) is 8.24. The highest BCUT2D eigenvalue weighted by atomic mass is 16.5. The Bertz CT molecular complexity index is 2070. The van der Waals surface area contributed by atoms with E-state index in [1.165, 1.54) is 5.56 Å². The van der Waals surface area contributed by atoms with Crippen LogP contribution in [0.1, 0.15) is 37.3 Å². The Morgan fingerprint density at radius 2 is 1.26 bits per heavy atom. The average molecular weight is 628 g/mol. The Hall–Kier alpha value is -4.99. The number of para-hydroxylation sites is 4. The van der Waals surface area contributed by atoms with Crippen LogP contribution in [0.2, 0.25) is 0 Å². The molecule has 47 heavy (non-hydrogen) atoms. The van der Waals surface area contributed by atoms with E-state index in [1.54, 1.807) is 0 Å². The normalized spacial score (nSPS) is 16.1. The molecule has 9 nitrogen and oxygen atoms in total. The summed E-state index contributed by atoms with van der Waals surface area (Å²) < 4.78 is 24.8. The smallest absolute Gasteiger partial charge is 0.227 e. The number of nitrogen functional groups attached to an aromatic ring is 1. The van der Waals surface area contributed by atoms with Crippen LogP contribution in [0.3, 0.4) is 0 Å². The fourth-order valence-electron chi connectivity index (χ4n) is 6.59. The number of benzene rings is 4. The first-order valence-corrected chi connectivity index (χ1v) is 16.4. The Balaban J connectivity index is 0.000000138. The minimum Gasteiger partial charge on any atom is -0.436 e. The molecule has 7 aromatic rings. The number of rotatable bonds is 5. The first-order valence-electron chi connectivity index (χ1n) is 16.4. The van der Waals surface area contributed by atoms with Gasteiger partial charge >= 0.3 is 0 Å². The zero-order valence-electron chi connectivity index (χ0n) is 26.2. The molecular formula is C38H37N5O4. The largest absolute Gasteiger partial charge is 0.436 e. The highest BCUT2D eigenvalue weighted by molar-refractivity contribution is 5.83. The number of hydrogen-bond donors (Lipinski definition) is 1. The Morgan fingerprint density at radius 1 is 0.660 bits per heavy atom. The summed E-state index contributed by atoms with van der Waals surface area (Å²) in [7, 11) is 0. The van der Waals surface area contributed by atoms with Gasteiger partial charge in [0.1, 0.15) is 11.0 Å². The molecule has 2 aliphatic rings. The molecule has 2 aliphatic heterocycles. The number of oxazole rings is 2. The van der Waals surface area contributed by atoms with E-state index < -0.39 is 0 Å². The first-order chi connectivity index (χ1) is 23.2. The maximum atomic E-state index is 6.27. The lowest BCUT2D eigenvalue weighted by atomic mass is 9.91. The Kier molecular flexibility index (Phi) is 8.15. The molecule has 3 aromatic heterocycles. The van der Waals surface area contributed by atoms with Crippen LogP contribution >= 0.6 is 0 Å². The SMILES string of the molecule is Nc1cc(-c2nc3ccccc3o2)ccc1CC1CCOCC1.c1ccc2oc(-c3ccc4c(c3)ncn4C3CCOCC3)nc2c1. The third-order valence-corrected chi connectivity index (χ3v) is 9.24. The van der Waals surface area contributed by atoms with Gasteiger partial charge in [-0.15, -0.1) is 0 Å². The van der Waals surface area contributed by atoms with Crippen molar-refractivity contribution in [3.8, 4) is 22.9 Å². The number of imidazole rings is 1. The molecule has 9 heteroatoms. The van der Waals surface area contributed by atoms with Crippen molar-refractivity contribution >= 4 is 38.9 Å². The maximum absolute atomic E-state index is 6.27. The molecule has 5 heterocycles. The first kappa shape index (κ1) is 29.4. The zero-order chi connectivity index (χ0) is 31.6. The second-order valence-electron chi connectivity index (χ2n) is 12.3. The predicted molar refractivity (Wildman–Crippen MR) is 183 cm³/mol. The van der Waals surface area contributed by atoms with Crippen molar-refractivity contribution in [1.29, 1.82) is 0 Å². The van der Waals surface area contributed by atoms with Gasteiger partial charge in [-0.3, -0.25) is 0 Å². The summed E-state index contributed by atoms with van der Waals surface area (Å²) in [4.78, 5) is 13.7. The van der Waals surface area contributed by atoms with Gasteiger partial charge in [0.2, 0.25) is 11.8 Å². The van der Waals surface area contributed by atoms with Gasteiger partial charge < -0.3 is 28.6 Å². The van der Waals surface area contributed by atoms with Gasteiger partial charge in [-0.05, 0) is 98.2 Å². The quantitative estimate of drug-likeness (QED) is 0.190. The molecule has 0 spiro atoms. The van der Waals surface area contributed by atoms with Gasteiger partial charge in [0.15, 0.2) is 11.2 Å². The van der Waals surface area contributed by atoms with Crippen LogP contribution in [0.5, 0.6) is 0 Å². The molecular weight excluding hydrogens is 590 g/mol. The van der Waals surface area contributed by atoms with E-state index in [0.29, 0.717) is 23.7 Å². The number of anilines is 1. The van der Waals surface area contributed by atoms with Crippen molar-refractivity contribution in [2.24, 2.45) is 5.92 Å². The second-order valence-corrected chi connectivity index (χ2v) is 12.3. The summed E-state index contributed by atoms with van der Waals surface area (Å²) in [5.41, 5.74) is 15.6.